The van der Waals surface area contributed by atoms with Crippen LogP contribution in [0.2, 0.25) is 5.02 Å². The van der Waals surface area contributed by atoms with Gasteiger partial charge in [0.25, 0.3) is 0 Å². The fourth-order valence-corrected chi connectivity index (χ4v) is 5.58. The Morgan fingerprint density at radius 2 is 2.03 bits per heavy atom. The van der Waals surface area contributed by atoms with Gasteiger partial charge in [0, 0.05) is 23.7 Å². The summed E-state index contributed by atoms with van der Waals surface area (Å²) in [5.74, 6) is 0.922. The van der Waals surface area contributed by atoms with Crippen molar-refractivity contribution in [2.24, 2.45) is 5.92 Å². The monoisotopic (exact) mass is 534 g/mol. The highest BCUT2D eigenvalue weighted by Crippen LogP contribution is 2.46. The molecule has 194 valence electrons. The molecule has 7 heteroatoms. The van der Waals surface area contributed by atoms with Crippen LogP contribution < -0.4 is 5.32 Å². The highest BCUT2D eigenvalue weighted by molar-refractivity contribution is 6.34. The molecule has 0 fully saturated rings. The molecule has 0 bridgehead atoms. The molecule has 2 aromatic carbocycles. The van der Waals surface area contributed by atoms with Crippen molar-refractivity contribution >= 4 is 51.1 Å². The van der Waals surface area contributed by atoms with Gasteiger partial charge in [-0.2, -0.15) is 0 Å². The Morgan fingerprint density at radius 3 is 2.82 bits per heavy atom. The second-order valence-corrected chi connectivity index (χ2v) is 10.2. The summed E-state index contributed by atoms with van der Waals surface area (Å²) >= 11 is 6.56. The van der Waals surface area contributed by atoms with Crippen molar-refractivity contribution in [2.75, 3.05) is 5.32 Å². The van der Waals surface area contributed by atoms with E-state index in [1.54, 1.807) is 30.6 Å². The molecule has 2 unspecified atom stereocenters. The quantitative estimate of drug-likeness (QED) is 0.235. The Bertz CT molecular complexity index is 1810. The summed E-state index contributed by atoms with van der Waals surface area (Å²) in [6, 6.07) is 15.8. The number of anilines is 1. The number of aliphatic hydroxyl groups is 1. The van der Waals surface area contributed by atoms with Gasteiger partial charge in [0.15, 0.2) is 11.4 Å². The summed E-state index contributed by atoms with van der Waals surface area (Å²) in [5, 5.41) is 14.8. The number of pyridine rings is 2. The number of aryl methyl sites for hydroxylation is 1. The van der Waals surface area contributed by atoms with Crippen LogP contribution in [-0.4, -0.2) is 20.1 Å². The summed E-state index contributed by atoms with van der Waals surface area (Å²) < 4.78 is 6.42. The van der Waals surface area contributed by atoms with Crippen LogP contribution in [0.1, 0.15) is 35.1 Å². The summed E-state index contributed by atoms with van der Waals surface area (Å²) in [6.45, 7) is 7.98. The van der Waals surface area contributed by atoms with E-state index in [1.807, 2.05) is 30.3 Å². The van der Waals surface area contributed by atoms with Crippen LogP contribution in [0.3, 0.4) is 0 Å². The topological polar surface area (TPSA) is 84.1 Å². The Kier molecular flexibility index (Phi) is 6.29. The molecule has 0 saturated carbocycles. The minimum Gasteiger partial charge on any atom is -0.436 e. The highest BCUT2D eigenvalue weighted by Gasteiger charge is 2.45. The Labute approximate surface area is 231 Å². The number of nitrogens with one attached hydrogen (secondary N) is 1. The van der Waals surface area contributed by atoms with Gasteiger partial charge in [-0.25, -0.2) is 9.97 Å². The predicted octanol–water partition coefficient (Wildman–Crippen LogP) is 7.47. The lowest BCUT2D eigenvalue weighted by Crippen LogP contribution is -2.42. The lowest BCUT2D eigenvalue weighted by Gasteiger charge is -2.39. The third kappa shape index (κ3) is 4.22. The number of nitrogens with zero attached hydrogens (tertiary/aromatic N) is 3. The third-order valence-electron chi connectivity index (χ3n) is 7.46. The zero-order chi connectivity index (χ0) is 27.1. The van der Waals surface area contributed by atoms with E-state index < -0.39 is 5.54 Å². The number of oxazole rings is 1. The summed E-state index contributed by atoms with van der Waals surface area (Å²) in [5.41, 5.74) is 5.91. The van der Waals surface area contributed by atoms with E-state index in [1.165, 1.54) is 5.56 Å². The van der Waals surface area contributed by atoms with E-state index in [0.717, 1.165) is 27.6 Å². The van der Waals surface area contributed by atoms with Gasteiger partial charge in [-0.05, 0) is 65.1 Å². The Morgan fingerprint density at radius 1 is 1.18 bits per heavy atom. The third-order valence-corrected chi connectivity index (χ3v) is 7.74. The van der Waals surface area contributed by atoms with Crippen LogP contribution in [-0.2, 0) is 12.1 Å². The first-order valence-electron chi connectivity index (χ1n) is 12.7. The van der Waals surface area contributed by atoms with E-state index in [-0.39, 0.29) is 12.5 Å². The van der Waals surface area contributed by atoms with Gasteiger partial charge >= 0.3 is 0 Å². The lowest BCUT2D eigenvalue weighted by atomic mass is 9.73. The maximum absolute atomic E-state index is 9.72. The SMILES string of the molecule is C=Cc1cnc2c(NC3(c4nc5cc(CO)cc(Cl)c5o4)C=CC=C(c4ccccc4C)C3C)nccc2c1. The molecule has 0 radical (unpaired) electrons. The molecule has 0 amide bonds. The minimum atomic E-state index is -0.922. The Hall–Kier alpha value is -4.26. The van der Waals surface area contributed by atoms with Crippen LogP contribution >= 0.6 is 11.6 Å². The van der Waals surface area contributed by atoms with Crippen molar-refractivity contribution in [3.63, 3.8) is 0 Å². The summed E-state index contributed by atoms with van der Waals surface area (Å²) in [7, 11) is 0. The number of hydrogen-bond donors (Lipinski definition) is 2. The number of hydrogen-bond acceptors (Lipinski definition) is 6. The molecule has 0 spiro atoms. The molecule has 0 saturated heterocycles. The van der Waals surface area contributed by atoms with Crippen LogP contribution in [0.25, 0.3) is 33.7 Å². The zero-order valence-electron chi connectivity index (χ0n) is 21.6. The number of aliphatic hydroxyl groups excluding tert-OH is 1. The molecule has 3 heterocycles. The average molecular weight is 535 g/mol. The fourth-order valence-electron chi connectivity index (χ4n) is 5.31. The maximum atomic E-state index is 9.72. The van der Waals surface area contributed by atoms with Crippen molar-refractivity contribution < 1.29 is 9.52 Å². The zero-order valence-corrected chi connectivity index (χ0v) is 22.4. The lowest BCUT2D eigenvalue weighted by molar-refractivity contribution is 0.282. The van der Waals surface area contributed by atoms with Crippen LogP contribution in [0, 0.1) is 12.8 Å². The number of halogens is 1. The van der Waals surface area contributed by atoms with Crippen LogP contribution in [0.5, 0.6) is 0 Å². The first-order valence-corrected chi connectivity index (χ1v) is 13.1. The van der Waals surface area contributed by atoms with Gasteiger partial charge in [-0.15, -0.1) is 0 Å². The average Bonchev–Trinajstić information content (AvgIpc) is 3.40. The maximum Gasteiger partial charge on any atom is 0.226 e. The van der Waals surface area contributed by atoms with Crippen molar-refractivity contribution in [2.45, 2.75) is 26.0 Å². The number of benzene rings is 2. The number of fused-ring (bicyclic) bond motifs is 2. The highest BCUT2D eigenvalue weighted by atomic mass is 35.5. The van der Waals surface area contributed by atoms with Gasteiger partial charge < -0.3 is 14.8 Å². The van der Waals surface area contributed by atoms with Crippen molar-refractivity contribution in [3.05, 3.63) is 119 Å². The molecule has 0 aliphatic heterocycles. The second kappa shape index (κ2) is 9.80. The predicted molar refractivity (Wildman–Crippen MR) is 157 cm³/mol. The van der Waals surface area contributed by atoms with Gasteiger partial charge in [0.2, 0.25) is 5.89 Å². The molecular formula is C32H27ClN4O2. The van der Waals surface area contributed by atoms with Crippen molar-refractivity contribution in [1.29, 1.82) is 0 Å². The van der Waals surface area contributed by atoms with Gasteiger partial charge in [-0.3, -0.25) is 4.98 Å². The molecule has 2 N–H and O–H groups in total. The second-order valence-electron chi connectivity index (χ2n) is 9.82. The van der Waals surface area contributed by atoms with Crippen LogP contribution in [0.15, 0.2) is 90.1 Å². The van der Waals surface area contributed by atoms with E-state index in [2.05, 4.69) is 50.0 Å². The molecule has 6 rings (SSSR count). The normalized spacial score (nSPS) is 18.9. The molecule has 1 aliphatic carbocycles. The molecule has 39 heavy (non-hydrogen) atoms. The standard InChI is InChI=1S/C32H27ClN4O2/c1-4-21-14-23-11-13-34-30(28(23)35-17-21)37-32(31-36-27-16-22(18-38)15-26(33)29(27)39-31)12-7-10-25(20(32)3)24-9-6-5-8-19(24)2/h4-17,20,38H,1,18H2,2-3H3,(H,34,37). The number of rotatable bonds is 6. The molecule has 1 aliphatic rings. The Balaban J connectivity index is 1.56. The summed E-state index contributed by atoms with van der Waals surface area (Å²) in [4.78, 5) is 14.3. The van der Waals surface area contributed by atoms with Gasteiger partial charge in [-0.1, -0.05) is 67.6 Å². The van der Waals surface area contributed by atoms with E-state index in [4.69, 9.17) is 31.0 Å². The van der Waals surface area contributed by atoms with Crippen molar-refractivity contribution in [3.8, 4) is 0 Å². The number of aromatic nitrogens is 3. The van der Waals surface area contributed by atoms with Crippen molar-refractivity contribution in [1.82, 2.24) is 15.0 Å². The molecule has 6 nitrogen and oxygen atoms in total. The summed E-state index contributed by atoms with van der Waals surface area (Å²) in [6.07, 6.45) is 11.5. The number of allylic oxidation sites excluding steroid dienone is 2. The van der Waals surface area contributed by atoms with E-state index in [0.29, 0.717) is 33.4 Å². The molecule has 5 aromatic rings. The first-order chi connectivity index (χ1) is 18.9. The van der Waals surface area contributed by atoms with E-state index in [9.17, 15) is 5.11 Å². The van der Waals surface area contributed by atoms with Crippen LogP contribution in [0.4, 0.5) is 5.82 Å². The molecular weight excluding hydrogens is 508 g/mol. The first kappa shape index (κ1) is 25.0. The van der Waals surface area contributed by atoms with E-state index >= 15 is 0 Å². The fraction of sp³-hybridized carbons (Fsp3) is 0.156. The smallest absolute Gasteiger partial charge is 0.226 e. The van der Waals surface area contributed by atoms with Gasteiger partial charge in [0.1, 0.15) is 16.6 Å². The van der Waals surface area contributed by atoms with Gasteiger partial charge in [0.05, 0.1) is 11.6 Å². The minimum absolute atomic E-state index is 0.128. The molecule has 3 aromatic heterocycles. The largest absolute Gasteiger partial charge is 0.436 e. The molecule has 2 atom stereocenters.